The lowest BCUT2D eigenvalue weighted by atomic mass is 10.2. The van der Waals surface area contributed by atoms with Crippen molar-refractivity contribution in [2.24, 2.45) is 0 Å². The fraction of sp³-hybridized carbons (Fsp3) is 0.267. The predicted octanol–water partition coefficient (Wildman–Crippen LogP) is 2.41. The molecule has 0 saturated carbocycles. The maximum atomic E-state index is 11.4. The Bertz CT molecular complexity index is 466. The smallest absolute Gasteiger partial charge is 0.244 e. The van der Waals surface area contributed by atoms with Gasteiger partial charge in [-0.2, -0.15) is 0 Å². The van der Waals surface area contributed by atoms with Gasteiger partial charge in [-0.3, -0.25) is 4.79 Å². The van der Waals surface area contributed by atoms with E-state index >= 15 is 0 Å². The van der Waals surface area contributed by atoms with Crippen molar-refractivity contribution in [1.29, 1.82) is 0 Å². The Morgan fingerprint density at radius 3 is 2.84 bits per heavy atom. The summed E-state index contributed by atoms with van der Waals surface area (Å²) in [6, 6.07) is 5.51. The zero-order chi connectivity index (χ0) is 14.1. The first-order valence-electron chi connectivity index (χ1n) is 6.09. The molecule has 0 spiro atoms. The number of hydrogen-bond donors (Lipinski definition) is 1. The number of benzene rings is 1. The highest BCUT2D eigenvalue weighted by atomic mass is 16.5. The Hall–Kier alpha value is -2.23. The largest absolute Gasteiger partial charge is 0.493 e. The summed E-state index contributed by atoms with van der Waals surface area (Å²) in [5.74, 6) is 1.18. The van der Waals surface area contributed by atoms with Crippen molar-refractivity contribution in [3.63, 3.8) is 0 Å². The van der Waals surface area contributed by atoms with E-state index in [-0.39, 0.29) is 5.91 Å². The van der Waals surface area contributed by atoms with Gasteiger partial charge < -0.3 is 14.8 Å². The van der Waals surface area contributed by atoms with E-state index in [1.165, 1.54) is 6.08 Å². The molecule has 1 rings (SSSR count). The second-order valence-electron chi connectivity index (χ2n) is 3.71. The number of carbonyl (C=O) groups excluding carboxylic acids is 1. The van der Waals surface area contributed by atoms with Gasteiger partial charge >= 0.3 is 0 Å². The number of methoxy groups -OCH3 is 1. The maximum absolute atomic E-state index is 11.4. The van der Waals surface area contributed by atoms with E-state index in [0.717, 1.165) is 5.56 Å². The summed E-state index contributed by atoms with van der Waals surface area (Å²) in [5, 5.41) is 2.66. The fourth-order valence-electron chi connectivity index (χ4n) is 1.47. The normalized spacial score (nSPS) is 10.2. The molecule has 0 radical (unpaired) electrons. The molecular weight excluding hydrogens is 242 g/mol. The molecule has 0 atom stereocenters. The first kappa shape index (κ1) is 14.8. The third kappa shape index (κ3) is 4.87. The molecule has 4 heteroatoms. The minimum atomic E-state index is -0.159. The lowest BCUT2D eigenvalue weighted by Crippen LogP contribution is -2.20. The van der Waals surface area contributed by atoms with Gasteiger partial charge in [0, 0.05) is 12.6 Å². The first-order chi connectivity index (χ1) is 9.21. The highest BCUT2D eigenvalue weighted by Gasteiger charge is 2.03. The van der Waals surface area contributed by atoms with Gasteiger partial charge in [0.1, 0.15) is 0 Å². The van der Waals surface area contributed by atoms with Gasteiger partial charge in [0.2, 0.25) is 5.91 Å². The van der Waals surface area contributed by atoms with Crippen LogP contribution in [0.2, 0.25) is 0 Å². The standard InChI is InChI=1S/C15H19NO3/c1-4-10-16-15(17)9-7-12-6-8-13(19-5-2)14(11-12)18-3/h4,6-9,11H,1,5,10H2,2-3H3,(H,16,17)/b9-7+. The van der Waals surface area contributed by atoms with Crippen molar-refractivity contribution < 1.29 is 14.3 Å². The van der Waals surface area contributed by atoms with Crippen LogP contribution in [0, 0.1) is 0 Å². The Labute approximate surface area is 113 Å². The second kappa shape index (κ2) is 7.97. The zero-order valence-corrected chi connectivity index (χ0v) is 11.3. The van der Waals surface area contributed by atoms with Crippen LogP contribution in [0.5, 0.6) is 11.5 Å². The van der Waals surface area contributed by atoms with E-state index in [0.29, 0.717) is 24.7 Å². The average Bonchev–Trinajstić information content (AvgIpc) is 2.44. The summed E-state index contributed by atoms with van der Waals surface area (Å²) in [6.07, 6.45) is 4.82. The van der Waals surface area contributed by atoms with Crippen LogP contribution in [0.1, 0.15) is 12.5 Å². The predicted molar refractivity (Wildman–Crippen MR) is 76.4 cm³/mol. The molecule has 1 aromatic carbocycles. The van der Waals surface area contributed by atoms with E-state index in [2.05, 4.69) is 11.9 Å². The first-order valence-corrected chi connectivity index (χ1v) is 6.09. The molecule has 0 aliphatic rings. The van der Waals surface area contributed by atoms with E-state index in [9.17, 15) is 4.79 Å². The van der Waals surface area contributed by atoms with Gasteiger partial charge in [0.15, 0.2) is 11.5 Å². The monoisotopic (exact) mass is 261 g/mol. The highest BCUT2D eigenvalue weighted by molar-refractivity contribution is 5.91. The van der Waals surface area contributed by atoms with E-state index in [4.69, 9.17) is 9.47 Å². The number of carbonyl (C=O) groups is 1. The Kier molecular flexibility index (Phi) is 6.22. The van der Waals surface area contributed by atoms with Gasteiger partial charge in [0.25, 0.3) is 0 Å². The van der Waals surface area contributed by atoms with Crippen LogP contribution in [0.15, 0.2) is 36.9 Å². The summed E-state index contributed by atoms with van der Waals surface area (Å²) >= 11 is 0. The van der Waals surface area contributed by atoms with Crippen LogP contribution in [0.3, 0.4) is 0 Å². The molecule has 0 unspecified atom stereocenters. The summed E-state index contributed by atoms with van der Waals surface area (Å²) < 4.78 is 10.7. The minimum Gasteiger partial charge on any atom is -0.493 e. The number of ether oxygens (including phenoxy) is 2. The molecule has 1 N–H and O–H groups in total. The van der Waals surface area contributed by atoms with Crippen LogP contribution in [0.4, 0.5) is 0 Å². The zero-order valence-electron chi connectivity index (χ0n) is 11.3. The van der Waals surface area contributed by atoms with Crippen molar-refractivity contribution in [2.75, 3.05) is 20.3 Å². The summed E-state index contributed by atoms with van der Waals surface area (Å²) in [7, 11) is 1.59. The molecular formula is C15H19NO3. The van der Waals surface area contributed by atoms with E-state index in [1.54, 1.807) is 19.3 Å². The summed E-state index contributed by atoms with van der Waals surface area (Å²) in [4.78, 5) is 11.4. The van der Waals surface area contributed by atoms with Gasteiger partial charge in [-0.25, -0.2) is 0 Å². The molecule has 0 heterocycles. The molecule has 19 heavy (non-hydrogen) atoms. The third-order valence-corrected chi connectivity index (χ3v) is 2.34. The topological polar surface area (TPSA) is 47.6 Å². The minimum absolute atomic E-state index is 0.159. The Balaban J connectivity index is 2.76. The SMILES string of the molecule is C=CCNC(=O)/C=C/c1ccc(OCC)c(OC)c1. The molecule has 1 aromatic rings. The average molecular weight is 261 g/mol. The van der Waals surface area contributed by atoms with E-state index in [1.807, 2.05) is 25.1 Å². The number of nitrogens with one attached hydrogen (secondary N) is 1. The molecule has 4 nitrogen and oxygen atoms in total. The van der Waals surface area contributed by atoms with E-state index < -0.39 is 0 Å². The molecule has 0 fully saturated rings. The molecule has 0 aliphatic carbocycles. The van der Waals surface area contributed by atoms with Gasteiger partial charge in [-0.15, -0.1) is 6.58 Å². The summed E-state index contributed by atoms with van der Waals surface area (Å²) in [5.41, 5.74) is 0.869. The molecule has 0 aromatic heterocycles. The highest BCUT2D eigenvalue weighted by Crippen LogP contribution is 2.28. The van der Waals surface area contributed by atoms with Crippen LogP contribution >= 0.6 is 0 Å². The molecule has 0 aliphatic heterocycles. The molecule has 102 valence electrons. The van der Waals surface area contributed by atoms with Gasteiger partial charge in [-0.05, 0) is 30.7 Å². The maximum Gasteiger partial charge on any atom is 0.244 e. The van der Waals surface area contributed by atoms with Crippen molar-refractivity contribution in [1.82, 2.24) is 5.32 Å². The van der Waals surface area contributed by atoms with Crippen molar-refractivity contribution in [3.05, 3.63) is 42.5 Å². The van der Waals surface area contributed by atoms with Crippen LogP contribution in [-0.4, -0.2) is 26.2 Å². The number of amides is 1. The fourth-order valence-corrected chi connectivity index (χ4v) is 1.47. The van der Waals surface area contributed by atoms with Gasteiger partial charge in [0.05, 0.1) is 13.7 Å². The van der Waals surface area contributed by atoms with Crippen LogP contribution < -0.4 is 14.8 Å². The van der Waals surface area contributed by atoms with Crippen molar-refractivity contribution in [3.8, 4) is 11.5 Å². The third-order valence-electron chi connectivity index (χ3n) is 2.34. The van der Waals surface area contributed by atoms with Gasteiger partial charge in [-0.1, -0.05) is 12.1 Å². The lowest BCUT2D eigenvalue weighted by Gasteiger charge is -2.09. The van der Waals surface area contributed by atoms with Crippen molar-refractivity contribution in [2.45, 2.75) is 6.92 Å². The lowest BCUT2D eigenvalue weighted by molar-refractivity contribution is -0.116. The molecule has 1 amide bonds. The second-order valence-corrected chi connectivity index (χ2v) is 3.71. The van der Waals surface area contributed by atoms with Crippen LogP contribution in [-0.2, 0) is 4.79 Å². The summed E-state index contributed by atoms with van der Waals surface area (Å²) in [6.45, 7) is 6.48. The van der Waals surface area contributed by atoms with Crippen LogP contribution in [0.25, 0.3) is 6.08 Å². The van der Waals surface area contributed by atoms with Crippen molar-refractivity contribution >= 4 is 12.0 Å². The quantitative estimate of drug-likeness (QED) is 0.605. The number of hydrogen-bond acceptors (Lipinski definition) is 3. The number of rotatable bonds is 7. The Morgan fingerprint density at radius 2 is 2.21 bits per heavy atom. The molecule has 0 saturated heterocycles. The molecule has 0 bridgehead atoms. The Morgan fingerprint density at radius 1 is 1.42 bits per heavy atom.